The zero-order valence-corrected chi connectivity index (χ0v) is 13.3. The Balaban J connectivity index is 3.47. The summed E-state index contributed by atoms with van der Waals surface area (Å²) in [5.41, 5.74) is -0.198. The molecule has 2 N–H and O–H groups in total. The van der Waals surface area contributed by atoms with Gasteiger partial charge >= 0.3 is 0 Å². The van der Waals surface area contributed by atoms with E-state index in [4.69, 9.17) is 9.47 Å². The normalized spacial score (nSPS) is 12.5. The highest BCUT2D eigenvalue weighted by Gasteiger charge is 2.14. The largest absolute Gasteiger partial charge is 0.380 e. The predicted molar refractivity (Wildman–Crippen MR) is 77.3 cm³/mol. The highest BCUT2D eigenvalue weighted by Crippen LogP contribution is 2.06. The third kappa shape index (κ3) is 12.1. The average molecular weight is 274 g/mol. The fraction of sp³-hybridized carbons (Fsp3) is 0.929. The Labute approximate surface area is 117 Å². The van der Waals surface area contributed by atoms with Crippen LogP contribution in [-0.2, 0) is 14.3 Å². The van der Waals surface area contributed by atoms with E-state index in [-0.39, 0.29) is 23.7 Å². The predicted octanol–water partition coefficient (Wildman–Crippen LogP) is 1.32. The molecule has 0 heterocycles. The fourth-order valence-electron chi connectivity index (χ4n) is 1.15. The van der Waals surface area contributed by atoms with E-state index in [9.17, 15) is 4.79 Å². The van der Waals surface area contributed by atoms with Gasteiger partial charge < -0.3 is 20.1 Å². The van der Waals surface area contributed by atoms with Gasteiger partial charge in [-0.3, -0.25) is 4.79 Å². The van der Waals surface area contributed by atoms with Crippen LogP contribution in [0.4, 0.5) is 0 Å². The lowest BCUT2D eigenvalue weighted by atomic mass is 10.0. The first-order valence-corrected chi connectivity index (χ1v) is 6.83. The zero-order valence-electron chi connectivity index (χ0n) is 13.3. The average Bonchev–Trinajstić information content (AvgIpc) is 2.30. The Hall–Kier alpha value is -0.650. The minimum Gasteiger partial charge on any atom is -0.380 e. The van der Waals surface area contributed by atoms with Crippen LogP contribution >= 0.6 is 0 Å². The van der Waals surface area contributed by atoms with Gasteiger partial charge in [0.15, 0.2) is 0 Å². The van der Waals surface area contributed by atoms with E-state index in [1.807, 2.05) is 27.8 Å². The molecule has 5 heteroatoms. The smallest absolute Gasteiger partial charge is 0.246 e. The summed E-state index contributed by atoms with van der Waals surface area (Å²) >= 11 is 0. The van der Waals surface area contributed by atoms with E-state index in [0.29, 0.717) is 19.8 Å². The van der Waals surface area contributed by atoms with Crippen molar-refractivity contribution >= 4 is 5.91 Å². The van der Waals surface area contributed by atoms with E-state index in [2.05, 4.69) is 24.5 Å². The Morgan fingerprint density at radius 2 is 1.74 bits per heavy atom. The molecule has 114 valence electrons. The molecule has 19 heavy (non-hydrogen) atoms. The maximum atomic E-state index is 11.4. The molecule has 0 aliphatic heterocycles. The van der Waals surface area contributed by atoms with Crippen molar-refractivity contribution in [3.63, 3.8) is 0 Å². The molecule has 0 aromatic carbocycles. The van der Waals surface area contributed by atoms with Crippen molar-refractivity contribution < 1.29 is 14.3 Å². The Kier molecular flexibility index (Phi) is 8.22. The Morgan fingerprint density at radius 3 is 2.26 bits per heavy atom. The monoisotopic (exact) mass is 274 g/mol. The van der Waals surface area contributed by atoms with Crippen molar-refractivity contribution in [3.8, 4) is 0 Å². The van der Waals surface area contributed by atoms with E-state index < -0.39 is 0 Å². The number of hydrogen-bond acceptors (Lipinski definition) is 4. The maximum Gasteiger partial charge on any atom is 0.246 e. The van der Waals surface area contributed by atoms with Gasteiger partial charge in [-0.15, -0.1) is 0 Å². The quantitative estimate of drug-likeness (QED) is 0.623. The number of amides is 1. The van der Waals surface area contributed by atoms with Crippen LogP contribution in [0, 0.1) is 0 Å². The van der Waals surface area contributed by atoms with Crippen molar-refractivity contribution in [2.75, 3.05) is 33.4 Å². The van der Waals surface area contributed by atoms with E-state index in [0.717, 1.165) is 6.42 Å². The molecule has 5 nitrogen and oxygen atoms in total. The van der Waals surface area contributed by atoms with Gasteiger partial charge in [0.05, 0.1) is 12.2 Å². The Morgan fingerprint density at radius 1 is 1.11 bits per heavy atom. The molecule has 0 bridgehead atoms. The first-order chi connectivity index (χ1) is 8.66. The summed E-state index contributed by atoms with van der Waals surface area (Å²) in [6, 6.07) is 0. The molecule has 0 saturated heterocycles. The van der Waals surface area contributed by atoms with Gasteiger partial charge in [0.2, 0.25) is 5.91 Å². The van der Waals surface area contributed by atoms with Crippen LogP contribution in [0.1, 0.15) is 41.0 Å². The van der Waals surface area contributed by atoms with Crippen LogP contribution in [0.15, 0.2) is 0 Å². The number of nitrogens with one attached hydrogen (secondary N) is 2. The van der Waals surface area contributed by atoms with Crippen molar-refractivity contribution in [1.82, 2.24) is 10.6 Å². The third-order valence-corrected chi connectivity index (χ3v) is 2.75. The highest BCUT2D eigenvalue weighted by molar-refractivity contribution is 5.77. The molecule has 0 aromatic rings. The summed E-state index contributed by atoms with van der Waals surface area (Å²) < 4.78 is 10.8. The number of ether oxygens (including phenoxy) is 2. The highest BCUT2D eigenvalue weighted by atomic mass is 16.5. The van der Waals surface area contributed by atoms with Gasteiger partial charge in [-0.05, 0) is 48.1 Å². The summed E-state index contributed by atoms with van der Waals surface area (Å²) in [6.45, 7) is 11.8. The SMILES string of the molecule is CNC(C)(C)CCOCCNC(=O)COC(C)(C)C. The molecule has 0 fully saturated rings. The van der Waals surface area contributed by atoms with Gasteiger partial charge in [-0.25, -0.2) is 0 Å². The minimum absolute atomic E-state index is 0.0871. The molecular formula is C14H30N2O3. The molecular weight excluding hydrogens is 244 g/mol. The third-order valence-electron chi connectivity index (χ3n) is 2.75. The second-order valence-corrected chi connectivity index (χ2v) is 6.25. The van der Waals surface area contributed by atoms with Gasteiger partial charge in [0, 0.05) is 18.7 Å². The number of carbonyl (C=O) groups excluding carboxylic acids is 1. The summed E-state index contributed by atoms with van der Waals surface area (Å²) in [4.78, 5) is 11.4. The molecule has 0 spiro atoms. The summed E-state index contributed by atoms with van der Waals surface area (Å²) in [7, 11) is 1.94. The van der Waals surface area contributed by atoms with Crippen LogP contribution in [0.3, 0.4) is 0 Å². The number of carbonyl (C=O) groups is 1. The van der Waals surface area contributed by atoms with E-state index in [1.165, 1.54) is 0 Å². The number of rotatable bonds is 9. The van der Waals surface area contributed by atoms with Crippen molar-refractivity contribution in [2.24, 2.45) is 0 Å². The minimum atomic E-state index is -0.285. The lowest BCUT2D eigenvalue weighted by molar-refractivity contribution is -0.130. The molecule has 0 atom stereocenters. The van der Waals surface area contributed by atoms with Gasteiger partial charge in [0.25, 0.3) is 0 Å². The van der Waals surface area contributed by atoms with Crippen molar-refractivity contribution in [3.05, 3.63) is 0 Å². The first kappa shape index (κ1) is 18.4. The van der Waals surface area contributed by atoms with Gasteiger partial charge in [0.1, 0.15) is 6.61 Å². The molecule has 1 amide bonds. The van der Waals surface area contributed by atoms with Crippen LogP contribution in [0.25, 0.3) is 0 Å². The lowest BCUT2D eigenvalue weighted by Gasteiger charge is -2.23. The molecule has 0 aliphatic carbocycles. The summed E-state index contributed by atoms with van der Waals surface area (Å²) in [5.74, 6) is -0.103. The molecule has 0 aliphatic rings. The summed E-state index contributed by atoms with van der Waals surface area (Å²) in [6.07, 6.45) is 0.935. The van der Waals surface area contributed by atoms with Gasteiger partial charge in [-0.1, -0.05) is 0 Å². The topological polar surface area (TPSA) is 59.6 Å². The van der Waals surface area contributed by atoms with Crippen LogP contribution in [0.2, 0.25) is 0 Å². The van der Waals surface area contributed by atoms with Crippen LogP contribution in [-0.4, -0.2) is 50.5 Å². The molecule has 0 aromatic heterocycles. The fourth-order valence-corrected chi connectivity index (χ4v) is 1.15. The van der Waals surface area contributed by atoms with Gasteiger partial charge in [-0.2, -0.15) is 0 Å². The van der Waals surface area contributed by atoms with E-state index in [1.54, 1.807) is 0 Å². The lowest BCUT2D eigenvalue weighted by Crippen LogP contribution is -2.37. The molecule has 0 radical (unpaired) electrons. The Bertz CT molecular complexity index is 260. The number of hydrogen-bond donors (Lipinski definition) is 2. The van der Waals surface area contributed by atoms with Crippen molar-refractivity contribution in [2.45, 2.75) is 52.2 Å². The zero-order chi connectivity index (χ0) is 14.9. The van der Waals surface area contributed by atoms with Crippen molar-refractivity contribution in [1.29, 1.82) is 0 Å². The molecule has 0 saturated carbocycles. The maximum absolute atomic E-state index is 11.4. The standard InChI is InChI=1S/C14H30N2O3/c1-13(2,3)19-11-12(17)16-8-10-18-9-7-14(4,5)15-6/h15H,7-11H2,1-6H3,(H,16,17). The van der Waals surface area contributed by atoms with Crippen LogP contribution in [0.5, 0.6) is 0 Å². The second kappa shape index (κ2) is 8.51. The summed E-state index contributed by atoms with van der Waals surface area (Å²) in [5, 5.41) is 5.98. The van der Waals surface area contributed by atoms with E-state index >= 15 is 0 Å². The second-order valence-electron chi connectivity index (χ2n) is 6.25. The first-order valence-electron chi connectivity index (χ1n) is 6.83. The molecule has 0 rings (SSSR count). The van der Waals surface area contributed by atoms with Crippen LogP contribution < -0.4 is 10.6 Å². The molecule has 0 unspecified atom stereocenters.